The minimum absolute atomic E-state index is 0.0907. The average Bonchev–Trinajstić information content (AvgIpc) is 2.43. The number of fused-ring (bicyclic) bond motifs is 1. The first-order chi connectivity index (χ1) is 9.58. The fourth-order valence-corrected chi connectivity index (χ4v) is 2.77. The van der Waals surface area contributed by atoms with Crippen LogP contribution in [0.4, 0.5) is 17.1 Å². The predicted molar refractivity (Wildman–Crippen MR) is 85.7 cm³/mol. The fraction of sp³-hybridized carbons (Fsp3) is 0.188. The Balaban J connectivity index is 2.15. The molecular formula is C16H15BrN2O. The normalized spacial score (nSPS) is 14.4. The van der Waals surface area contributed by atoms with E-state index in [-0.39, 0.29) is 5.91 Å². The van der Waals surface area contributed by atoms with Crippen LogP contribution in [0.5, 0.6) is 0 Å². The van der Waals surface area contributed by atoms with E-state index in [1.54, 1.807) is 4.90 Å². The predicted octanol–water partition coefficient (Wildman–Crippen LogP) is 3.87. The largest absolute Gasteiger partial charge is 0.364 e. The summed E-state index contributed by atoms with van der Waals surface area (Å²) in [5, 5.41) is 0. The molecule has 2 aromatic carbocycles. The van der Waals surface area contributed by atoms with Crippen molar-refractivity contribution < 1.29 is 4.79 Å². The van der Waals surface area contributed by atoms with Gasteiger partial charge in [-0.2, -0.15) is 0 Å². The van der Waals surface area contributed by atoms with E-state index in [1.165, 1.54) is 0 Å². The second-order valence-corrected chi connectivity index (χ2v) is 5.86. The SMILES string of the molecule is Cc1cc(N2C(=O)CN(C)c3ccccc32)ccc1Br. The number of carbonyl (C=O) groups is 1. The number of amides is 1. The lowest BCUT2D eigenvalue weighted by Crippen LogP contribution is -2.41. The van der Waals surface area contributed by atoms with Crippen LogP contribution < -0.4 is 9.80 Å². The van der Waals surface area contributed by atoms with Crippen molar-refractivity contribution in [3.63, 3.8) is 0 Å². The van der Waals surface area contributed by atoms with Crippen molar-refractivity contribution in [2.75, 3.05) is 23.4 Å². The van der Waals surface area contributed by atoms with Gasteiger partial charge in [-0.15, -0.1) is 0 Å². The zero-order valence-electron chi connectivity index (χ0n) is 11.4. The van der Waals surface area contributed by atoms with E-state index in [0.717, 1.165) is 27.1 Å². The highest BCUT2D eigenvalue weighted by Gasteiger charge is 2.28. The van der Waals surface area contributed by atoms with Crippen LogP contribution in [-0.2, 0) is 4.79 Å². The van der Waals surface area contributed by atoms with Gasteiger partial charge in [-0.05, 0) is 42.8 Å². The molecule has 0 fully saturated rings. The monoisotopic (exact) mass is 330 g/mol. The molecule has 1 heterocycles. The lowest BCUT2D eigenvalue weighted by molar-refractivity contribution is -0.116. The number of hydrogen-bond acceptors (Lipinski definition) is 2. The molecule has 20 heavy (non-hydrogen) atoms. The summed E-state index contributed by atoms with van der Waals surface area (Å²) in [6.07, 6.45) is 0. The molecule has 1 aliphatic heterocycles. The van der Waals surface area contributed by atoms with Gasteiger partial charge in [0.05, 0.1) is 17.9 Å². The molecule has 2 aromatic rings. The van der Waals surface area contributed by atoms with E-state index in [1.807, 2.05) is 61.3 Å². The van der Waals surface area contributed by atoms with Gasteiger partial charge in [-0.1, -0.05) is 28.1 Å². The van der Waals surface area contributed by atoms with Crippen LogP contribution in [0.2, 0.25) is 0 Å². The second-order valence-electron chi connectivity index (χ2n) is 5.01. The van der Waals surface area contributed by atoms with Gasteiger partial charge in [-0.3, -0.25) is 9.69 Å². The van der Waals surface area contributed by atoms with Gasteiger partial charge in [0, 0.05) is 17.2 Å². The van der Waals surface area contributed by atoms with E-state index >= 15 is 0 Å². The molecule has 102 valence electrons. The molecule has 3 nitrogen and oxygen atoms in total. The van der Waals surface area contributed by atoms with Gasteiger partial charge in [0.1, 0.15) is 0 Å². The smallest absolute Gasteiger partial charge is 0.251 e. The zero-order valence-corrected chi connectivity index (χ0v) is 13.0. The standard InChI is InChI=1S/C16H15BrN2O/c1-11-9-12(7-8-13(11)17)19-15-6-4-3-5-14(15)18(2)10-16(19)20/h3-9H,10H2,1-2H3. The van der Waals surface area contributed by atoms with Gasteiger partial charge in [0.2, 0.25) is 0 Å². The van der Waals surface area contributed by atoms with Crippen molar-refractivity contribution in [3.8, 4) is 0 Å². The van der Waals surface area contributed by atoms with Crippen LogP contribution in [0.25, 0.3) is 0 Å². The van der Waals surface area contributed by atoms with Gasteiger partial charge < -0.3 is 4.90 Å². The van der Waals surface area contributed by atoms with Gasteiger partial charge >= 0.3 is 0 Å². The Morgan fingerprint density at radius 3 is 2.50 bits per heavy atom. The summed E-state index contributed by atoms with van der Waals surface area (Å²) in [5.41, 5.74) is 4.05. The number of hydrogen-bond donors (Lipinski definition) is 0. The summed E-state index contributed by atoms with van der Waals surface area (Å²) in [4.78, 5) is 16.2. The van der Waals surface area contributed by atoms with Gasteiger partial charge in [0.25, 0.3) is 5.91 Å². The Morgan fingerprint density at radius 2 is 1.80 bits per heavy atom. The Morgan fingerprint density at radius 1 is 1.10 bits per heavy atom. The molecule has 1 aliphatic rings. The Kier molecular flexibility index (Phi) is 3.26. The average molecular weight is 331 g/mol. The molecule has 0 spiro atoms. The molecule has 0 N–H and O–H groups in total. The topological polar surface area (TPSA) is 23.6 Å². The molecule has 0 aliphatic carbocycles. The minimum atomic E-state index is 0.0907. The van der Waals surface area contributed by atoms with E-state index in [9.17, 15) is 4.79 Å². The second kappa shape index (κ2) is 4.94. The third-order valence-corrected chi connectivity index (χ3v) is 4.45. The first kappa shape index (κ1) is 13.2. The fourth-order valence-electron chi connectivity index (χ4n) is 2.52. The van der Waals surface area contributed by atoms with Crippen molar-refractivity contribution in [3.05, 3.63) is 52.5 Å². The quantitative estimate of drug-likeness (QED) is 0.792. The molecule has 0 unspecified atom stereocenters. The number of rotatable bonds is 1. The molecule has 0 aromatic heterocycles. The van der Waals surface area contributed by atoms with Crippen LogP contribution in [0.15, 0.2) is 46.9 Å². The number of benzene rings is 2. The zero-order chi connectivity index (χ0) is 14.3. The van der Waals surface area contributed by atoms with Crippen LogP contribution in [-0.4, -0.2) is 19.5 Å². The van der Waals surface area contributed by atoms with Crippen molar-refractivity contribution in [2.45, 2.75) is 6.92 Å². The van der Waals surface area contributed by atoms with E-state index in [2.05, 4.69) is 15.9 Å². The van der Waals surface area contributed by atoms with E-state index in [0.29, 0.717) is 6.54 Å². The summed E-state index contributed by atoms with van der Waals surface area (Å²) in [7, 11) is 1.95. The first-order valence-corrected chi connectivity index (χ1v) is 7.26. The maximum absolute atomic E-state index is 12.4. The number of carbonyl (C=O) groups excluding carboxylic acids is 1. The summed E-state index contributed by atoms with van der Waals surface area (Å²) in [5.74, 6) is 0.0907. The van der Waals surface area contributed by atoms with Crippen molar-refractivity contribution in [2.24, 2.45) is 0 Å². The number of likely N-dealkylation sites (N-methyl/N-ethyl adjacent to an activating group) is 1. The van der Waals surface area contributed by atoms with Crippen molar-refractivity contribution in [1.82, 2.24) is 0 Å². The Hall–Kier alpha value is -1.81. The molecule has 3 rings (SSSR count). The molecule has 0 atom stereocenters. The van der Waals surface area contributed by atoms with E-state index < -0.39 is 0 Å². The summed E-state index contributed by atoms with van der Waals surface area (Å²) in [6.45, 7) is 2.42. The Labute approximate surface area is 126 Å². The minimum Gasteiger partial charge on any atom is -0.364 e. The number of para-hydroxylation sites is 2. The maximum Gasteiger partial charge on any atom is 0.251 e. The summed E-state index contributed by atoms with van der Waals surface area (Å²) < 4.78 is 1.05. The lowest BCUT2D eigenvalue weighted by atomic mass is 10.1. The van der Waals surface area contributed by atoms with Crippen LogP contribution >= 0.6 is 15.9 Å². The first-order valence-electron chi connectivity index (χ1n) is 6.47. The van der Waals surface area contributed by atoms with Crippen molar-refractivity contribution >= 4 is 38.9 Å². The van der Waals surface area contributed by atoms with Crippen LogP contribution in [0.1, 0.15) is 5.56 Å². The van der Waals surface area contributed by atoms with Crippen molar-refractivity contribution in [1.29, 1.82) is 0 Å². The highest BCUT2D eigenvalue weighted by Crippen LogP contribution is 2.38. The number of nitrogens with zero attached hydrogens (tertiary/aromatic N) is 2. The third-order valence-electron chi connectivity index (χ3n) is 3.56. The third kappa shape index (κ3) is 2.10. The lowest BCUT2D eigenvalue weighted by Gasteiger charge is -2.35. The molecule has 4 heteroatoms. The molecule has 0 saturated carbocycles. The molecule has 0 saturated heterocycles. The highest BCUT2D eigenvalue weighted by molar-refractivity contribution is 9.10. The Bertz CT molecular complexity index is 684. The van der Waals surface area contributed by atoms with Gasteiger partial charge in [-0.25, -0.2) is 0 Å². The number of aryl methyl sites for hydroxylation is 1. The molecule has 0 radical (unpaired) electrons. The summed E-state index contributed by atoms with van der Waals surface area (Å²) >= 11 is 3.50. The number of halogens is 1. The van der Waals surface area contributed by atoms with E-state index in [4.69, 9.17) is 0 Å². The molecular weight excluding hydrogens is 316 g/mol. The maximum atomic E-state index is 12.4. The van der Waals surface area contributed by atoms with Crippen LogP contribution in [0, 0.1) is 6.92 Å². The molecule has 0 bridgehead atoms. The number of anilines is 3. The van der Waals surface area contributed by atoms with Crippen LogP contribution in [0.3, 0.4) is 0 Å². The summed E-state index contributed by atoms with van der Waals surface area (Å²) in [6, 6.07) is 14.0. The molecule has 1 amide bonds. The van der Waals surface area contributed by atoms with Gasteiger partial charge in [0.15, 0.2) is 0 Å². The highest BCUT2D eigenvalue weighted by atomic mass is 79.9.